The van der Waals surface area contributed by atoms with E-state index in [0.717, 1.165) is 41.0 Å². The Balaban J connectivity index is 1.75. The van der Waals surface area contributed by atoms with E-state index in [1.54, 1.807) is 7.11 Å². The Morgan fingerprint density at radius 2 is 2.07 bits per heavy atom. The number of carbonyl (C=O) groups excluding carboxylic acids is 2. The van der Waals surface area contributed by atoms with Gasteiger partial charge in [-0.05, 0) is 50.5 Å². The van der Waals surface area contributed by atoms with Gasteiger partial charge in [-0.2, -0.15) is 0 Å². The van der Waals surface area contributed by atoms with Gasteiger partial charge < -0.3 is 15.0 Å². The minimum Gasteiger partial charge on any atom is -0.383 e. The topological polar surface area (TPSA) is 58.6 Å². The summed E-state index contributed by atoms with van der Waals surface area (Å²) in [6.45, 7) is 5.75. The molecule has 1 aromatic heterocycles. The molecule has 2 amide bonds. The first-order chi connectivity index (χ1) is 13.0. The Bertz CT molecular complexity index is 831. The van der Waals surface area contributed by atoms with E-state index in [2.05, 4.69) is 5.32 Å². The Hall–Kier alpha value is -2.18. The Morgan fingerprint density at radius 3 is 2.81 bits per heavy atom. The highest BCUT2D eigenvalue weighted by molar-refractivity contribution is 7.14. The smallest absolute Gasteiger partial charge is 0.261 e. The number of hydrogen-bond acceptors (Lipinski definition) is 4. The summed E-state index contributed by atoms with van der Waals surface area (Å²) in [5.74, 6) is -0.0111. The predicted molar refractivity (Wildman–Crippen MR) is 107 cm³/mol. The van der Waals surface area contributed by atoms with Gasteiger partial charge in [-0.1, -0.05) is 17.7 Å². The summed E-state index contributed by atoms with van der Waals surface area (Å²) in [5.41, 5.74) is 2.93. The molecule has 1 N–H and O–H groups in total. The minimum absolute atomic E-state index is 0.0451. The largest absolute Gasteiger partial charge is 0.383 e. The van der Waals surface area contributed by atoms with E-state index in [1.807, 2.05) is 49.1 Å². The zero-order valence-electron chi connectivity index (χ0n) is 16.1. The van der Waals surface area contributed by atoms with E-state index in [-0.39, 0.29) is 17.9 Å². The first-order valence-corrected chi connectivity index (χ1v) is 10.1. The molecule has 3 rings (SSSR count). The van der Waals surface area contributed by atoms with Crippen LogP contribution < -0.4 is 5.32 Å². The van der Waals surface area contributed by atoms with Crippen LogP contribution in [0.1, 0.15) is 54.9 Å². The monoisotopic (exact) mass is 386 g/mol. The lowest BCUT2D eigenvalue weighted by Gasteiger charge is -2.25. The van der Waals surface area contributed by atoms with Crippen LogP contribution in [0.5, 0.6) is 0 Å². The number of methoxy groups -OCH3 is 1. The first-order valence-electron chi connectivity index (χ1n) is 9.26. The highest BCUT2D eigenvalue weighted by atomic mass is 32.1. The van der Waals surface area contributed by atoms with Gasteiger partial charge in [-0.3, -0.25) is 9.59 Å². The molecule has 2 heterocycles. The van der Waals surface area contributed by atoms with Crippen molar-refractivity contribution in [3.05, 3.63) is 56.8 Å². The van der Waals surface area contributed by atoms with Gasteiger partial charge in [0.2, 0.25) is 0 Å². The maximum absolute atomic E-state index is 13.1. The molecular weight excluding hydrogens is 360 g/mol. The van der Waals surface area contributed by atoms with E-state index in [0.29, 0.717) is 18.0 Å². The van der Waals surface area contributed by atoms with Gasteiger partial charge in [0, 0.05) is 30.6 Å². The Morgan fingerprint density at radius 1 is 1.26 bits per heavy atom. The number of nitrogens with one attached hydrogen (secondary N) is 1. The average Bonchev–Trinajstić information content (AvgIpc) is 3.30. The number of carbonyl (C=O) groups is 2. The van der Waals surface area contributed by atoms with Crippen molar-refractivity contribution in [2.75, 3.05) is 26.8 Å². The third-order valence-electron chi connectivity index (χ3n) is 4.90. The lowest BCUT2D eigenvalue weighted by atomic mass is 10.0. The number of hydrogen-bond donors (Lipinski definition) is 1. The maximum atomic E-state index is 13.1. The molecule has 1 fully saturated rings. The second-order valence-corrected chi connectivity index (χ2v) is 8.04. The number of nitrogens with zero attached hydrogens (tertiary/aromatic N) is 1. The summed E-state index contributed by atoms with van der Waals surface area (Å²) in [6.07, 6.45) is 1.91. The number of amides is 2. The van der Waals surface area contributed by atoms with Gasteiger partial charge in [-0.15, -0.1) is 11.3 Å². The van der Waals surface area contributed by atoms with E-state index >= 15 is 0 Å². The predicted octanol–water partition coefficient (Wildman–Crippen LogP) is 3.72. The normalized spacial score (nSPS) is 16.6. The van der Waals surface area contributed by atoms with Crippen molar-refractivity contribution in [3.63, 3.8) is 0 Å². The van der Waals surface area contributed by atoms with Crippen LogP contribution in [-0.2, 0) is 4.74 Å². The van der Waals surface area contributed by atoms with E-state index in [9.17, 15) is 9.59 Å². The fourth-order valence-electron chi connectivity index (χ4n) is 3.52. The highest BCUT2D eigenvalue weighted by Gasteiger charge is 2.32. The molecule has 144 valence electrons. The minimum atomic E-state index is -0.0893. The lowest BCUT2D eigenvalue weighted by molar-refractivity contribution is 0.0737. The molecule has 5 nitrogen and oxygen atoms in total. The maximum Gasteiger partial charge on any atom is 0.261 e. The van der Waals surface area contributed by atoms with Crippen molar-refractivity contribution in [1.82, 2.24) is 10.2 Å². The van der Waals surface area contributed by atoms with Crippen LogP contribution in [0.2, 0.25) is 0 Å². The number of ether oxygens (including phenoxy) is 1. The van der Waals surface area contributed by atoms with Crippen molar-refractivity contribution in [1.29, 1.82) is 0 Å². The van der Waals surface area contributed by atoms with E-state index < -0.39 is 0 Å². The molecule has 6 heteroatoms. The molecule has 1 unspecified atom stereocenters. The Labute approximate surface area is 164 Å². The zero-order valence-corrected chi connectivity index (χ0v) is 16.9. The number of benzene rings is 1. The molecule has 0 spiro atoms. The first kappa shape index (κ1) is 19.6. The third-order valence-corrected chi connectivity index (χ3v) is 6.08. The highest BCUT2D eigenvalue weighted by Crippen LogP contribution is 2.37. The van der Waals surface area contributed by atoms with Crippen LogP contribution in [0.15, 0.2) is 30.3 Å². The molecule has 1 aliphatic rings. The van der Waals surface area contributed by atoms with Crippen LogP contribution in [0.25, 0.3) is 0 Å². The van der Waals surface area contributed by atoms with E-state index in [1.165, 1.54) is 11.3 Å². The van der Waals surface area contributed by atoms with Crippen LogP contribution >= 0.6 is 11.3 Å². The second-order valence-electron chi connectivity index (χ2n) is 6.93. The molecular formula is C21H26N2O3S. The quantitative estimate of drug-likeness (QED) is 0.770. The molecule has 2 aromatic rings. The number of aryl methyl sites for hydroxylation is 2. The summed E-state index contributed by atoms with van der Waals surface area (Å²) in [4.78, 5) is 29.0. The van der Waals surface area contributed by atoms with E-state index in [4.69, 9.17) is 4.74 Å². The van der Waals surface area contributed by atoms with Gasteiger partial charge in [0.05, 0.1) is 17.5 Å². The lowest BCUT2D eigenvalue weighted by Crippen LogP contribution is -2.30. The molecule has 0 saturated carbocycles. The van der Waals surface area contributed by atoms with Crippen molar-refractivity contribution < 1.29 is 14.3 Å². The van der Waals surface area contributed by atoms with Crippen molar-refractivity contribution in [2.45, 2.75) is 32.7 Å². The fraction of sp³-hybridized carbons (Fsp3) is 0.429. The van der Waals surface area contributed by atoms with Crippen molar-refractivity contribution in [3.8, 4) is 0 Å². The fourth-order valence-corrected chi connectivity index (χ4v) is 4.59. The second kappa shape index (κ2) is 8.67. The SMILES string of the molecule is COCCNC(=O)c1ccc(C2CCCN2C(=O)c2ccc(C)cc2C)s1. The van der Waals surface area contributed by atoms with Crippen LogP contribution in [-0.4, -0.2) is 43.5 Å². The van der Waals surface area contributed by atoms with Crippen LogP contribution in [0, 0.1) is 13.8 Å². The third kappa shape index (κ3) is 4.39. The van der Waals surface area contributed by atoms with Crippen LogP contribution in [0.4, 0.5) is 0 Å². The molecule has 1 aliphatic heterocycles. The summed E-state index contributed by atoms with van der Waals surface area (Å²) in [7, 11) is 1.61. The number of likely N-dealkylation sites (tertiary alicyclic amines) is 1. The summed E-state index contributed by atoms with van der Waals surface area (Å²) < 4.78 is 4.96. The van der Waals surface area contributed by atoms with Crippen molar-refractivity contribution >= 4 is 23.2 Å². The molecule has 0 bridgehead atoms. The molecule has 1 atom stereocenters. The number of rotatable bonds is 6. The average molecular weight is 387 g/mol. The van der Waals surface area contributed by atoms with Gasteiger partial charge >= 0.3 is 0 Å². The summed E-state index contributed by atoms with van der Waals surface area (Å²) in [5, 5.41) is 2.84. The molecule has 1 saturated heterocycles. The van der Waals surface area contributed by atoms with Gasteiger partial charge in [0.1, 0.15) is 0 Å². The van der Waals surface area contributed by atoms with Gasteiger partial charge in [0.15, 0.2) is 0 Å². The van der Waals surface area contributed by atoms with Gasteiger partial charge in [-0.25, -0.2) is 0 Å². The molecule has 27 heavy (non-hydrogen) atoms. The molecule has 0 radical (unpaired) electrons. The zero-order chi connectivity index (χ0) is 19.4. The summed E-state index contributed by atoms with van der Waals surface area (Å²) >= 11 is 1.47. The Kier molecular flexibility index (Phi) is 6.29. The summed E-state index contributed by atoms with van der Waals surface area (Å²) in [6, 6.07) is 9.83. The molecule has 1 aromatic carbocycles. The number of thiophene rings is 1. The molecule has 0 aliphatic carbocycles. The van der Waals surface area contributed by atoms with Gasteiger partial charge in [0.25, 0.3) is 11.8 Å². The van der Waals surface area contributed by atoms with Crippen LogP contribution in [0.3, 0.4) is 0 Å². The van der Waals surface area contributed by atoms with Crippen molar-refractivity contribution in [2.24, 2.45) is 0 Å². The standard InChI is InChI=1S/C21H26N2O3S/c1-14-6-7-16(15(2)13-14)21(25)23-11-4-5-17(23)18-8-9-19(27-18)20(24)22-10-12-26-3/h6-9,13,17H,4-5,10-12H2,1-3H3,(H,22,24).